The van der Waals surface area contributed by atoms with Crippen molar-refractivity contribution in [3.8, 4) is 11.5 Å². The topological polar surface area (TPSA) is 55.8 Å². The van der Waals surface area contributed by atoms with Crippen LogP contribution in [0.25, 0.3) is 6.08 Å². The van der Waals surface area contributed by atoms with E-state index in [0.29, 0.717) is 28.9 Å². The molecule has 3 aromatic rings. The molecule has 2 amide bonds. The summed E-state index contributed by atoms with van der Waals surface area (Å²) in [5.41, 5.74) is 1.50. The third kappa shape index (κ3) is 5.52. The van der Waals surface area contributed by atoms with E-state index in [1.807, 2.05) is 66.7 Å². The SMILES string of the molecule is O=C1S/C(=C/c2cccc(OCCOc3ccccc3)c2)C(=O)N1Cc1ccccc1Cl. The molecule has 5 nitrogen and oxygen atoms in total. The van der Waals surface area contributed by atoms with Gasteiger partial charge in [-0.25, -0.2) is 0 Å². The lowest BCUT2D eigenvalue weighted by Crippen LogP contribution is -2.27. The summed E-state index contributed by atoms with van der Waals surface area (Å²) in [6.07, 6.45) is 1.70. The van der Waals surface area contributed by atoms with Crippen LogP contribution in [0.1, 0.15) is 11.1 Å². The van der Waals surface area contributed by atoms with Gasteiger partial charge in [0.05, 0.1) is 11.4 Å². The third-order valence-corrected chi connectivity index (χ3v) is 5.96. The van der Waals surface area contributed by atoms with Gasteiger partial charge in [0.25, 0.3) is 11.1 Å². The van der Waals surface area contributed by atoms with E-state index < -0.39 is 0 Å². The Hall–Kier alpha value is -3.22. The lowest BCUT2D eigenvalue weighted by atomic mass is 10.2. The Bertz CT molecular complexity index is 1150. The second kappa shape index (κ2) is 10.4. The fourth-order valence-electron chi connectivity index (χ4n) is 3.11. The first-order valence-corrected chi connectivity index (χ1v) is 11.2. The zero-order valence-corrected chi connectivity index (χ0v) is 18.6. The molecule has 1 saturated heterocycles. The fourth-order valence-corrected chi connectivity index (χ4v) is 4.15. The monoisotopic (exact) mass is 465 g/mol. The molecule has 4 rings (SSSR count). The zero-order valence-electron chi connectivity index (χ0n) is 17.1. The van der Waals surface area contributed by atoms with E-state index in [2.05, 4.69) is 0 Å². The predicted octanol–water partition coefficient (Wildman–Crippen LogP) is 6.03. The summed E-state index contributed by atoms with van der Waals surface area (Å²) < 4.78 is 11.4. The van der Waals surface area contributed by atoms with Crippen LogP contribution in [-0.2, 0) is 11.3 Å². The van der Waals surface area contributed by atoms with Gasteiger partial charge >= 0.3 is 0 Å². The van der Waals surface area contributed by atoms with Crippen LogP contribution < -0.4 is 9.47 Å². The van der Waals surface area contributed by atoms with E-state index >= 15 is 0 Å². The summed E-state index contributed by atoms with van der Waals surface area (Å²) in [6.45, 7) is 0.939. The molecule has 1 aliphatic rings. The average Bonchev–Trinajstić information content (AvgIpc) is 3.06. The highest BCUT2D eigenvalue weighted by molar-refractivity contribution is 8.18. The highest BCUT2D eigenvalue weighted by Gasteiger charge is 2.35. The van der Waals surface area contributed by atoms with Crippen LogP contribution in [0.15, 0.2) is 83.8 Å². The minimum Gasteiger partial charge on any atom is -0.490 e. The molecule has 3 aromatic carbocycles. The predicted molar refractivity (Wildman–Crippen MR) is 127 cm³/mol. The van der Waals surface area contributed by atoms with Crippen LogP contribution in [0.4, 0.5) is 4.79 Å². The quantitative estimate of drug-likeness (QED) is 0.300. The standard InChI is InChI=1S/C25H20ClNO4S/c26-22-12-5-4-8-19(22)17-27-24(28)23(32-25(27)29)16-18-7-6-11-21(15-18)31-14-13-30-20-9-2-1-3-10-20/h1-12,15-16H,13-14,17H2/b23-16+. The van der Waals surface area contributed by atoms with Gasteiger partial charge in [-0.1, -0.05) is 60.1 Å². The molecular formula is C25H20ClNO4S. The van der Waals surface area contributed by atoms with Crippen LogP contribution in [0.5, 0.6) is 11.5 Å². The highest BCUT2D eigenvalue weighted by atomic mass is 35.5. The van der Waals surface area contributed by atoms with Gasteiger partial charge in [0, 0.05) is 5.02 Å². The Morgan fingerprint density at radius 2 is 1.53 bits per heavy atom. The number of para-hydroxylation sites is 1. The molecule has 32 heavy (non-hydrogen) atoms. The maximum atomic E-state index is 12.8. The maximum Gasteiger partial charge on any atom is 0.293 e. The number of nitrogens with zero attached hydrogens (tertiary/aromatic N) is 1. The van der Waals surface area contributed by atoms with Crippen molar-refractivity contribution < 1.29 is 19.1 Å². The first-order valence-electron chi connectivity index (χ1n) is 9.99. The summed E-state index contributed by atoms with van der Waals surface area (Å²) in [7, 11) is 0. The van der Waals surface area contributed by atoms with Crippen molar-refractivity contribution in [1.29, 1.82) is 0 Å². The number of carbonyl (C=O) groups is 2. The van der Waals surface area contributed by atoms with Crippen molar-refractivity contribution in [3.63, 3.8) is 0 Å². The van der Waals surface area contributed by atoms with E-state index in [9.17, 15) is 9.59 Å². The second-order valence-electron chi connectivity index (χ2n) is 6.94. The number of halogens is 1. The Labute approximate surface area is 195 Å². The molecule has 0 unspecified atom stereocenters. The third-order valence-electron chi connectivity index (χ3n) is 4.68. The molecule has 0 bridgehead atoms. The normalized spacial score (nSPS) is 14.8. The number of carbonyl (C=O) groups excluding carboxylic acids is 2. The van der Waals surface area contributed by atoms with Crippen LogP contribution in [-0.4, -0.2) is 29.3 Å². The summed E-state index contributed by atoms with van der Waals surface area (Å²) in [5.74, 6) is 1.12. The van der Waals surface area contributed by atoms with Gasteiger partial charge in [0.1, 0.15) is 24.7 Å². The van der Waals surface area contributed by atoms with Crippen LogP contribution in [0, 0.1) is 0 Å². The highest BCUT2D eigenvalue weighted by Crippen LogP contribution is 2.34. The molecule has 0 N–H and O–H groups in total. The fraction of sp³-hybridized carbons (Fsp3) is 0.120. The number of amides is 2. The molecule has 1 aliphatic heterocycles. The molecule has 0 aromatic heterocycles. The van der Waals surface area contributed by atoms with Gasteiger partial charge < -0.3 is 9.47 Å². The molecule has 0 atom stereocenters. The van der Waals surface area contributed by atoms with Gasteiger partial charge in [-0.2, -0.15) is 0 Å². The van der Waals surface area contributed by atoms with Crippen LogP contribution in [0.3, 0.4) is 0 Å². The van der Waals surface area contributed by atoms with Gasteiger partial charge in [0.15, 0.2) is 0 Å². The van der Waals surface area contributed by atoms with Crippen molar-refractivity contribution in [2.75, 3.05) is 13.2 Å². The number of hydrogen-bond donors (Lipinski definition) is 0. The summed E-state index contributed by atoms with van der Waals surface area (Å²) in [5, 5.41) is 0.211. The molecule has 162 valence electrons. The minimum absolute atomic E-state index is 0.145. The van der Waals surface area contributed by atoms with E-state index in [1.54, 1.807) is 18.2 Å². The zero-order chi connectivity index (χ0) is 22.3. The number of ether oxygens (including phenoxy) is 2. The minimum atomic E-state index is -0.331. The molecule has 1 fully saturated rings. The van der Waals surface area contributed by atoms with Gasteiger partial charge in [-0.05, 0) is 59.3 Å². The Balaban J connectivity index is 1.37. The van der Waals surface area contributed by atoms with Gasteiger partial charge in [-0.15, -0.1) is 0 Å². The van der Waals surface area contributed by atoms with E-state index in [1.165, 1.54) is 4.90 Å². The Kier molecular flexibility index (Phi) is 7.14. The van der Waals surface area contributed by atoms with E-state index in [0.717, 1.165) is 28.6 Å². The van der Waals surface area contributed by atoms with Crippen molar-refractivity contribution in [2.24, 2.45) is 0 Å². The number of hydrogen-bond acceptors (Lipinski definition) is 5. The van der Waals surface area contributed by atoms with Gasteiger partial charge in [0.2, 0.25) is 0 Å². The number of thioether (sulfide) groups is 1. The van der Waals surface area contributed by atoms with Crippen molar-refractivity contribution in [3.05, 3.63) is 99.9 Å². The summed E-state index contributed by atoms with van der Waals surface area (Å²) >= 11 is 7.10. The maximum absolute atomic E-state index is 12.8. The summed E-state index contributed by atoms with van der Waals surface area (Å²) in [6, 6.07) is 24.1. The summed E-state index contributed by atoms with van der Waals surface area (Å²) in [4.78, 5) is 26.8. The smallest absolute Gasteiger partial charge is 0.293 e. The van der Waals surface area contributed by atoms with Crippen molar-refractivity contribution in [1.82, 2.24) is 4.90 Å². The van der Waals surface area contributed by atoms with Crippen LogP contribution in [0.2, 0.25) is 5.02 Å². The van der Waals surface area contributed by atoms with Gasteiger partial charge in [-0.3, -0.25) is 14.5 Å². The Morgan fingerprint density at radius 3 is 2.31 bits per heavy atom. The molecule has 1 heterocycles. The molecular weight excluding hydrogens is 446 g/mol. The Morgan fingerprint density at radius 1 is 0.844 bits per heavy atom. The van der Waals surface area contributed by atoms with Crippen molar-refractivity contribution in [2.45, 2.75) is 6.54 Å². The lowest BCUT2D eigenvalue weighted by Gasteiger charge is -2.13. The molecule has 7 heteroatoms. The molecule has 0 aliphatic carbocycles. The number of rotatable bonds is 8. The first kappa shape index (κ1) is 22.0. The second-order valence-corrected chi connectivity index (χ2v) is 8.34. The van der Waals surface area contributed by atoms with E-state index in [4.69, 9.17) is 21.1 Å². The van der Waals surface area contributed by atoms with E-state index in [-0.39, 0.29) is 17.7 Å². The average molecular weight is 466 g/mol. The number of benzene rings is 3. The first-order chi connectivity index (χ1) is 15.6. The molecule has 0 radical (unpaired) electrons. The van der Waals surface area contributed by atoms with Crippen molar-refractivity contribution >= 4 is 40.6 Å². The molecule has 0 spiro atoms. The number of imide groups is 1. The largest absolute Gasteiger partial charge is 0.490 e. The van der Waals surface area contributed by atoms with Crippen LogP contribution >= 0.6 is 23.4 Å². The molecule has 0 saturated carbocycles. The lowest BCUT2D eigenvalue weighted by molar-refractivity contribution is -0.123.